The number of amides is 14. The van der Waals surface area contributed by atoms with E-state index in [-0.39, 0.29) is 85.9 Å². The van der Waals surface area contributed by atoms with Gasteiger partial charge in [-0.05, 0) is 93.8 Å². The molecule has 0 saturated heterocycles. The molecule has 0 bridgehead atoms. The summed E-state index contributed by atoms with van der Waals surface area (Å²) in [4.78, 5) is 174. The van der Waals surface area contributed by atoms with E-state index in [9.17, 15) is 57.8 Å². The van der Waals surface area contributed by atoms with Gasteiger partial charge in [-0.15, -0.1) is 0 Å². The molecule has 0 aliphatic carbocycles. The predicted octanol–water partition coefficient (Wildman–Crippen LogP) is 5.75. The lowest BCUT2D eigenvalue weighted by molar-refractivity contribution is -0.149. The number of likely N-dealkylation sites (N-methyl/N-ethyl adjacent to an activating group) is 6. The number of carbonyl (C=O) groups is 12. The Hall–Kier alpha value is -6.05. The van der Waals surface area contributed by atoms with Crippen LogP contribution in [-0.4, -0.2) is 227 Å². The molecule has 14 amide bonds. The molecule has 0 aliphatic rings. The van der Waals surface area contributed by atoms with Crippen LogP contribution >= 0.6 is 11.8 Å². The molecule has 0 rings (SSSR count). The zero-order valence-electron chi connectivity index (χ0n) is 60.3. The molecule has 0 aromatic heterocycles. The van der Waals surface area contributed by atoms with E-state index in [0.29, 0.717) is 25.8 Å². The second kappa shape index (κ2) is 42.3. The molecule has 530 valence electrons. The lowest BCUT2D eigenvalue weighted by atomic mass is 9.93. The second-order valence-electron chi connectivity index (χ2n) is 27.6. The molecule has 1 unspecified atom stereocenters. The standard InChI is InChI=1S/C66H122N12O13S/c1-24-48(70-56(82)51(73(18)54(81)37-43(8)9)38-45(12)30-27-25-26-28-32-68-47(14)80)60(86)77(22)53(39-92-66(15,16)31-29-33-79)62(88)74(19)49(34-40(2)3)57(83)71-55(44(10)11)63(89)75(20)50(35-41(4)5)58(84)72-64(90)69-46(13)59(85)76(21)52(36-42(6)7)61(87)78(23)65(91)67-17/h40-46,48-53,55,79H,24-39H2,1-23H3,(H,67,91)(H,68,80)(H,70,82)(H,71,83)(H2,69,72,84,90)/t45-,46+,48+,49+,50+,51?,52+,53-,55+/m1/s1. The van der Waals surface area contributed by atoms with Crippen molar-refractivity contribution in [3.63, 3.8) is 0 Å². The van der Waals surface area contributed by atoms with Gasteiger partial charge in [0.2, 0.25) is 47.3 Å². The quantitative estimate of drug-likeness (QED) is 0.0359. The smallest absolute Gasteiger partial charge is 0.323 e. The maximum Gasteiger partial charge on any atom is 0.323 e. The number of hydrogen-bond acceptors (Lipinski definition) is 14. The Bertz CT molecular complexity index is 2410. The number of aliphatic hydroxyl groups is 1. The Morgan fingerprint density at radius 1 is 0.522 bits per heavy atom. The fourth-order valence-corrected chi connectivity index (χ4v) is 12.0. The summed E-state index contributed by atoms with van der Waals surface area (Å²) in [6.07, 6.45) is 6.54. The van der Waals surface area contributed by atoms with Gasteiger partial charge in [-0.3, -0.25) is 58.2 Å². The van der Waals surface area contributed by atoms with Crippen molar-refractivity contribution in [1.29, 1.82) is 0 Å². The van der Waals surface area contributed by atoms with Crippen molar-refractivity contribution < 1.29 is 62.6 Å². The molecule has 0 heterocycles. The summed E-state index contributed by atoms with van der Waals surface area (Å²) < 4.78 is -0.479. The van der Waals surface area contributed by atoms with Crippen molar-refractivity contribution in [1.82, 2.24) is 61.3 Å². The van der Waals surface area contributed by atoms with Crippen LogP contribution in [0, 0.1) is 35.5 Å². The van der Waals surface area contributed by atoms with Crippen LogP contribution in [0.4, 0.5) is 9.59 Å². The summed E-state index contributed by atoms with van der Waals surface area (Å²) in [5, 5.41) is 25.5. The number of nitrogens with one attached hydrogen (secondary N) is 6. The minimum Gasteiger partial charge on any atom is -0.396 e. The maximum atomic E-state index is 15.3. The second-order valence-corrected chi connectivity index (χ2v) is 29.4. The van der Waals surface area contributed by atoms with Gasteiger partial charge >= 0.3 is 12.1 Å². The van der Waals surface area contributed by atoms with E-state index >= 15 is 4.79 Å². The van der Waals surface area contributed by atoms with E-state index in [1.54, 1.807) is 27.8 Å². The summed E-state index contributed by atoms with van der Waals surface area (Å²) in [6, 6.07) is -11.0. The van der Waals surface area contributed by atoms with Crippen molar-refractivity contribution in [2.24, 2.45) is 35.5 Å². The number of urea groups is 2. The first-order valence-electron chi connectivity index (χ1n) is 33.2. The van der Waals surface area contributed by atoms with Gasteiger partial charge < -0.3 is 56.2 Å². The van der Waals surface area contributed by atoms with Crippen molar-refractivity contribution in [2.75, 3.05) is 68.2 Å². The van der Waals surface area contributed by atoms with Crippen LogP contribution in [0.3, 0.4) is 0 Å². The first kappa shape index (κ1) is 85.9. The number of imide groups is 2. The fourth-order valence-electron chi connectivity index (χ4n) is 10.7. The fraction of sp³-hybridized carbons (Fsp3) is 0.818. The van der Waals surface area contributed by atoms with Gasteiger partial charge in [0.05, 0.1) is 0 Å². The number of aliphatic hydroxyl groups excluding tert-OH is 1. The van der Waals surface area contributed by atoms with Crippen LogP contribution in [0.1, 0.15) is 194 Å². The van der Waals surface area contributed by atoms with E-state index in [4.69, 9.17) is 0 Å². The molecule has 0 radical (unpaired) electrons. The molecule has 92 heavy (non-hydrogen) atoms. The Kier molecular flexibility index (Phi) is 39.5. The average Bonchev–Trinajstić information content (AvgIpc) is 0.903. The van der Waals surface area contributed by atoms with E-state index < -0.39 is 118 Å². The lowest BCUT2D eigenvalue weighted by Crippen LogP contribution is -2.62. The summed E-state index contributed by atoms with van der Waals surface area (Å²) in [7, 11) is 9.99. The highest BCUT2D eigenvalue weighted by molar-refractivity contribution is 8.00. The molecule has 0 fully saturated rings. The Morgan fingerprint density at radius 3 is 1.51 bits per heavy atom. The molecule has 0 saturated carbocycles. The molecule has 0 spiro atoms. The van der Waals surface area contributed by atoms with E-state index in [0.717, 1.165) is 46.8 Å². The summed E-state index contributed by atoms with van der Waals surface area (Å²) in [5.74, 6) is -6.38. The largest absolute Gasteiger partial charge is 0.396 e. The van der Waals surface area contributed by atoms with Crippen LogP contribution in [0.2, 0.25) is 0 Å². The number of unbranched alkanes of at least 4 members (excludes halogenated alkanes) is 3. The summed E-state index contributed by atoms with van der Waals surface area (Å²) in [6.45, 7) is 29.5. The normalized spacial score (nSPS) is 14.6. The Morgan fingerprint density at radius 2 is 1.01 bits per heavy atom. The van der Waals surface area contributed by atoms with Crippen molar-refractivity contribution in [2.45, 2.75) is 247 Å². The van der Waals surface area contributed by atoms with Gasteiger partial charge in [-0.25, -0.2) is 9.59 Å². The highest BCUT2D eigenvalue weighted by Gasteiger charge is 2.42. The van der Waals surface area contributed by atoms with Crippen LogP contribution in [-0.2, 0) is 47.9 Å². The zero-order chi connectivity index (χ0) is 71.2. The molecule has 0 aliphatic heterocycles. The van der Waals surface area contributed by atoms with Crippen molar-refractivity contribution >= 4 is 82.9 Å². The third-order valence-electron chi connectivity index (χ3n) is 16.5. The highest BCUT2D eigenvalue weighted by Crippen LogP contribution is 2.32. The van der Waals surface area contributed by atoms with E-state index in [1.807, 2.05) is 76.2 Å². The first-order chi connectivity index (χ1) is 42.6. The molecule has 0 aromatic rings. The minimum atomic E-state index is -1.26. The molecule has 25 nitrogen and oxygen atoms in total. The van der Waals surface area contributed by atoms with Crippen molar-refractivity contribution in [3.8, 4) is 0 Å². The average molecular weight is 1320 g/mol. The van der Waals surface area contributed by atoms with Gasteiger partial charge in [0.25, 0.3) is 11.8 Å². The van der Waals surface area contributed by atoms with E-state index in [2.05, 4.69) is 31.9 Å². The first-order valence-corrected chi connectivity index (χ1v) is 34.1. The van der Waals surface area contributed by atoms with Gasteiger partial charge in [0.15, 0.2) is 0 Å². The van der Waals surface area contributed by atoms with Gasteiger partial charge in [0.1, 0.15) is 48.3 Å². The number of nitrogens with zero attached hydrogens (tertiary/aromatic N) is 6. The Labute approximate surface area is 555 Å². The lowest BCUT2D eigenvalue weighted by Gasteiger charge is -2.38. The molecule has 9 atom stereocenters. The number of thioether (sulfide) groups is 1. The molecular formula is C66H122N12O13S. The van der Waals surface area contributed by atoms with Gasteiger partial charge in [-0.1, -0.05) is 123 Å². The van der Waals surface area contributed by atoms with Crippen LogP contribution in [0.25, 0.3) is 0 Å². The van der Waals surface area contributed by atoms with Crippen LogP contribution in [0.15, 0.2) is 0 Å². The molecular weight excluding hydrogens is 1200 g/mol. The van der Waals surface area contributed by atoms with Crippen LogP contribution < -0.4 is 31.9 Å². The highest BCUT2D eigenvalue weighted by atomic mass is 32.2. The third-order valence-corrected chi connectivity index (χ3v) is 18.0. The van der Waals surface area contributed by atoms with Crippen LogP contribution in [0.5, 0.6) is 0 Å². The van der Waals surface area contributed by atoms with E-state index in [1.165, 1.54) is 82.6 Å². The summed E-state index contributed by atoms with van der Waals surface area (Å²) >= 11 is 1.42. The zero-order valence-corrected chi connectivity index (χ0v) is 61.2. The van der Waals surface area contributed by atoms with Gasteiger partial charge in [0, 0.05) is 86.3 Å². The molecule has 26 heteroatoms. The number of carbonyl (C=O) groups excluding carboxylic acids is 12. The summed E-state index contributed by atoms with van der Waals surface area (Å²) in [5.41, 5.74) is 0. The monoisotopic (exact) mass is 1320 g/mol. The minimum absolute atomic E-state index is 0.0261. The topological polar surface area (TPSA) is 317 Å². The molecule has 0 aromatic carbocycles. The Balaban J connectivity index is 7.10. The number of hydrogen-bond donors (Lipinski definition) is 7. The maximum absolute atomic E-state index is 15.3. The SMILES string of the molecule is CC[C@H](NC(=O)C(C[C@H](C)CCCCCCNC(C)=O)N(C)C(=O)CC(C)C)C(=O)N(C)[C@H](CSC(C)(C)CCCO)C(=O)N(C)[C@@H](CC(C)C)C(=O)N[C@H](C(=O)N(C)[C@@H](CC(C)C)C(=O)NC(=O)N[C@@H](C)C(=O)N(C)[C@@H](CC(C)C)C(=O)N(C)C(=O)NC)C(C)C. The number of rotatable bonds is 41. The predicted molar refractivity (Wildman–Crippen MR) is 361 cm³/mol. The molecule has 7 N–H and O–H groups in total. The van der Waals surface area contributed by atoms with Crippen molar-refractivity contribution in [3.05, 3.63) is 0 Å². The third kappa shape index (κ3) is 29.9. The van der Waals surface area contributed by atoms with Gasteiger partial charge in [-0.2, -0.15) is 11.8 Å².